The number of H-pyrrole nitrogens is 1. The van der Waals surface area contributed by atoms with Gasteiger partial charge in [0.05, 0.1) is 6.20 Å². The fraction of sp³-hybridized carbons (Fsp3) is 0.562. The van der Waals surface area contributed by atoms with Gasteiger partial charge in [-0.25, -0.2) is 0 Å². The molecule has 3 rings (SSSR count). The molecule has 2 aromatic rings. The van der Waals surface area contributed by atoms with Crippen molar-refractivity contribution in [1.82, 2.24) is 15.5 Å². The molecule has 2 heterocycles. The van der Waals surface area contributed by atoms with Crippen molar-refractivity contribution >= 4 is 0 Å². The number of aromatic nitrogens is 2. The minimum Gasteiger partial charge on any atom is -0.460 e. The SMILES string of the molecule is CCC(CC1CC1)NCc1cn[nH]c1-c1ccc(C)o1. The normalized spacial score (nSPS) is 16.5. The third-order valence-electron chi connectivity index (χ3n) is 4.09. The minimum atomic E-state index is 0.614. The second-order valence-corrected chi connectivity index (χ2v) is 5.85. The first-order chi connectivity index (χ1) is 9.76. The van der Waals surface area contributed by atoms with Crippen molar-refractivity contribution in [3.05, 3.63) is 29.7 Å². The molecule has 1 fully saturated rings. The van der Waals surface area contributed by atoms with Crippen LogP contribution in [0.5, 0.6) is 0 Å². The van der Waals surface area contributed by atoms with Crippen molar-refractivity contribution in [3.63, 3.8) is 0 Å². The highest BCUT2D eigenvalue weighted by atomic mass is 16.3. The lowest BCUT2D eigenvalue weighted by Gasteiger charge is -2.16. The molecule has 4 nitrogen and oxygen atoms in total. The third-order valence-corrected chi connectivity index (χ3v) is 4.09. The van der Waals surface area contributed by atoms with Gasteiger partial charge in [-0.15, -0.1) is 0 Å². The fourth-order valence-electron chi connectivity index (χ4n) is 2.63. The van der Waals surface area contributed by atoms with E-state index in [-0.39, 0.29) is 0 Å². The number of furan rings is 1. The van der Waals surface area contributed by atoms with Crippen LogP contribution in [0.1, 0.15) is 43.9 Å². The van der Waals surface area contributed by atoms with Crippen molar-refractivity contribution in [2.75, 3.05) is 0 Å². The Bertz CT molecular complexity index is 554. The summed E-state index contributed by atoms with van der Waals surface area (Å²) in [5.74, 6) is 2.75. The predicted octanol–water partition coefficient (Wildman–Crippen LogP) is 3.65. The summed E-state index contributed by atoms with van der Waals surface area (Å²) < 4.78 is 5.68. The summed E-state index contributed by atoms with van der Waals surface area (Å²) in [6.07, 6.45) is 7.22. The predicted molar refractivity (Wildman–Crippen MR) is 79.3 cm³/mol. The maximum absolute atomic E-state index is 5.68. The first-order valence-corrected chi connectivity index (χ1v) is 7.58. The molecule has 4 heteroatoms. The van der Waals surface area contributed by atoms with E-state index in [9.17, 15) is 0 Å². The van der Waals surface area contributed by atoms with Gasteiger partial charge in [-0.2, -0.15) is 5.10 Å². The van der Waals surface area contributed by atoms with Gasteiger partial charge < -0.3 is 9.73 Å². The second-order valence-electron chi connectivity index (χ2n) is 5.85. The Morgan fingerprint density at radius 1 is 1.45 bits per heavy atom. The van der Waals surface area contributed by atoms with Crippen LogP contribution in [0.25, 0.3) is 11.5 Å². The summed E-state index contributed by atoms with van der Waals surface area (Å²) in [4.78, 5) is 0. The van der Waals surface area contributed by atoms with Gasteiger partial charge in [0, 0.05) is 18.2 Å². The zero-order valence-corrected chi connectivity index (χ0v) is 12.3. The van der Waals surface area contributed by atoms with E-state index in [1.807, 2.05) is 25.3 Å². The van der Waals surface area contributed by atoms with Crippen LogP contribution in [0.15, 0.2) is 22.7 Å². The number of nitrogens with one attached hydrogen (secondary N) is 2. The summed E-state index contributed by atoms with van der Waals surface area (Å²) in [6.45, 7) is 5.06. The molecule has 0 amide bonds. The molecular weight excluding hydrogens is 250 g/mol. The highest BCUT2D eigenvalue weighted by Gasteiger charge is 2.24. The second kappa shape index (κ2) is 5.83. The number of hydrogen-bond donors (Lipinski definition) is 2. The quantitative estimate of drug-likeness (QED) is 0.809. The van der Waals surface area contributed by atoms with Gasteiger partial charge in [0.25, 0.3) is 0 Å². The number of aryl methyl sites for hydroxylation is 1. The van der Waals surface area contributed by atoms with Crippen LogP contribution in [-0.2, 0) is 6.54 Å². The summed E-state index contributed by atoms with van der Waals surface area (Å²) in [5, 5.41) is 10.9. The summed E-state index contributed by atoms with van der Waals surface area (Å²) >= 11 is 0. The summed E-state index contributed by atoms with van der Waals surface area (Å²) in [5.41, 5.74) is 2.17. The molecule has 1 aliphatic carbocycles. The highest BCUT2D eigenvalue weighted by Crippen LogP contribution is 2.34. The van der Waals surface area contributed by atoms with Gasteiger partial charge >= 0.3 is 0 Å². The molecule has 0 saturated heterocycles. The average Bonchev–Trinajstić information content (AvgIpc) is 2.96. The van der Waals surface area contributed by atoms with Crippen molar-refractivity contribution in [1.29, 1.82) is 0 Å². The lowest BCUT2D eigenvalue weighted by molar-refractivity contribution is 0.445. The van der Waals surface area contributed by atoms with Crippen LogP contribution in [0, 0.1) is 12.8 Å². The van der Waals surface area contributed by atoms with Gasteiger partial charge in [-0.1, -0.05) is 19.8 Å². The van der Waals surface area contributed by atoms with Crippen LogP contribution in [-0.4, -0.2) is 16.2 Å². The molecule has 108 valence electrons. The number of rotatable bonds is 7. The van der Waals surface area contributed by atoms with E-state index in [2.05, 4.69) is 22.4 Å². The van der Waals surface area contributed by atoms with Crippen molar-refractivity contribution in [3.8, 4) is 11.5 Å². The molecule has 2 aromatic heterocycles. The molecule has 1 atom stereocenters. The Balaban J connectivity index is 1.64. The molecule has 1 aliphatic rings. The fourth-order valence-corrected chi connectivity index (χ4v) is 2.63. The van der Waals surface area contributed by atoms with E-state index in [0.717, 1.165) is 29.7 Å². The van der Waals surface area contributed by atoms with Crippen LogP contribution in [0.4, 0.5) is 0 Å². The van der Waals surface area contributed by atoms with Crippen LogP contribution in [0.3, 0.4) is 0 Å². The minimum absolute atomic E-state index is 0.614. The van der Waals surface area contributed by atoms with E-state index >= 15 is 0 Å². The highest BCUT2D eigenvalue weighted by molar-refractivity contribution is 5.56. The Hall–Kier alpha value is -1.55. The first-order valence-electron chi connectivity index (χ1n) is 7.58. The molecule has 1 saturated carbocycles. The molecular formula is C16H23N3O. The van der Waals surface area contributed by atoms with Gasteiger partial charge in [0.2, 0.25) is 0 Å². The average molecular weight is 273 g/mol. The topological polar surface area (TPSA) is 53.9 Å². The molecule has 0 radical (unpaired) electrons. The molecule has 1 unspecified atom stereocenters. The van der Waals surface area contributed by atoms with Crippen LogP contribution >= 0.6 is 0 Å². The molecule has 0 aromatic carbocycles. The Morgan fingerprint density at radius 3 is 2.95 bits per heavy atom. The maximum Gasteiger partial charge on any atom is 0.152 e. The van der Waals surface area contributed by atoms with Crippen molar-refractivity contribution in [2.24, 2.45) is 5.92 Å². The van der Waals surface area contributed by atoms with E-state index in [1.54, 1.807) is 0 Å². The van der Waals surface area contributed by atoms with E-state index in [0.29, 0.717) is 6.04 Å². The smallest absolute Gasteiger partial charge is 0.152 e. The lowest BCUT2D eigenvalue weighted by atomic mass is 10.1. The largest absolute Gasteiger partial charge is 0.460 e. The van der Waals surface area contributed by atoms with Gasteiger partial charge in [0.1, 0.15) is 11.5 Å². The summed E-state index contributed by atoms with van der Waals surface area (Å²) in [7, 11) is 0. The van der Waals surface area contributed by atoms with Gasteiger partial charge in [0.15, 0.2) is 5.76 Å². The lowest BCUT2D eigenvalue weighted by Crippen LogP contribution is -2.28. The molecule has 0 aliphatic heterocycles. The van der Waals surface area contributed by atoms with Crippen molar-refractivity contribution in [2.45, 2.75) is 52.1 Å². The molecule has 0 spiro atoms. The van der Waals surface area contributed by atoms with E-state index in [1.165, 1.54) is 31.2 Å². The Morgan fingerprint density at radius 2 is 2.30 bits per heavy atom. The summed E-state index contributed by atoms with van der Waals surface area (Å²) in [6, 6.07) is 4.59. The third kappa shape index (κ3) is 3.12. The number of hydrogen-bond acceptors (Lipinski definition) is 3. The standard InChI is InChI=1S/C16H23N3O/c1-3-14(8-12-5-6-12)17-9-13-10-18-19-16(13)15-7-4-11(2)20-15/h4,7,10,12,14,17H,3,5-6,8-9H2,1-2H3,(H,18,19). The Labute approximate surface area is 120 Å². The number of aromatic amines is 1. The van der Waals surface area contributed by atoms with E-state index in [4.69, 9.17) is 4.42 Å². The van der Waals surface area contributed by atoms with Crippen molar-refractivity contribution < 1.29 is 4.42 Å². The van der Waals surface area contributed by atoms with Crippen LogP contribution < -0.4 is 5.32 Å². The van der Waals surface area contributed by atoms with Crippen LogP contribution in [0.2, 0.25) is 0 Å². The zero-order valence-electron chi connectivity index (χ0n) is 12.3. The maximum atomic E-state index is 5.68. The van der Waals surface area contributed by atoms with Gasteiger partial charge in [-0.3, -0.25) is 5.10 Å². The first kappa shape index (κ1) is 13.4. The van der Waals surface area contributed by atoms with Gasteiger partial charge in [-0.05, 0) is 37.8 Å². The van der Waals surface area contributed by atoms with E-state index < -0.39 is 0 Å². The molecule has 2 N–H and O–H groups in total. The molecule has 20 heavy (non-hydrogen) atoms. The monoisotopic (exact) mass is 273 g/mol. The zero-order chi connectivity index (χ0) is 13.9. The molecule has 0 bridgehead atoms. The Kier molecular flexibility index (Phi) is 3.92. The number of nitrogens with zero attached hydrogens (tertiary/aromatic N) is 1.